The van der Waals surface area contributed by atoms with Crippen molar-refractivity contribution in [3.05, 3.63) is 87.6 Å². The number of thioether (sulfide) groups is 1. The van der Waals surface area contributed by atoms with Crippen molar-refractivity contribution in [1.82, 2.24) is 20.1 Å². The number of esters is 2. The van der Waals surface area contributed by atoms with E-state index in [0.29, 0.717) is 34.4 Å². The minimum absolute atomic E-state index is 0.0971. The Morgan fingerprint density at radius 3 is 2.28 bits per heavy atom. The lowest BCUT2D eigenvalue weighted by molar-refractivity contribution is -0.115. The maximum Gasteiger partial charge on any atom is 0.348 e. The standard InChI is InChI=1S/C32H35N5O7S2/c1-6-43-30(40)25-19(3)26(31(41)44-7-2)46-29(25)34-27(38)20(4)45-32-36-35-24(37(32)18-21-11-9-8-10-12-21)17-33-28(39)22-13-15-23(42-5)16-14-22/h8-16,20H,6-7,17-18H2,1-5H3,(H,33,39)(H,34,38)/t20-/m0/s1. The second kappa shape index (κ2) is 16.0. The summed E-state index contributed by atoms with van der Waals surface area (Å²) < 4.78 is 17.3. The molecule has 2 N–H and O–H groups in total. The highest BCUT2D eigenvalue weighted by Gasteiger charge is 2.29. The molecule has 0 fully saturated rings. The van der Waals surface area contributed by atoms with Crippen LogP contribution in [0.5, 0.6) is 5.75 Å². The van der Waals surface area contributed by atoms with E-state index >= 15 is 0 Å². The number of ether oxygens (including phenoxy) is 3. The van der Waals surface area contributed by atoms with Crippen molar-refractivity contribution >= 4 is 51.9 Å². The van der Waals surface area contributed by atoms with Crippen LogP contribution in [0.2, 0.25) is 0 Å². The highest BCUT2D eigenvalue weighted by atomic mass is 32.2. The van der Waals surface area contributed by atoms with Crippen LogP contribution in [-0.2, 0) is 27.4 Å². The van der Waals surface area contributed by atoms with Crippen LogP contribution in [0.25, 0.3) is 0 Å². The molecule has 0 unspecified atom stereocenters. The molecule has 0 saturated heterocycles. The Morgan fingerprint density at radius 1 is 0.957 bits per heavy atom. The lowest BCUT2D eigenvalue weighted by Crippen LogP contribution is -2.25. The summed E-state index contributed by atoms with van der Waals surface area (Å²) in [5.41, 5.74) is 1.93. The predicted molar refractivity (Wildman–Crippen MR) is 175 cm³/mol. The van der Waals surface area contributed by atoms with E-state index in [0.717, 1.165) is 16.9 Å². The molecule has 46 heavy (non-hydrogen) atoms. The number of anilines is 1. The van der Waals surface area contributed by atoms with Crippen molar-refractivity contribution in [2.75, 3.05) is 25.6 Å². The normalized spacial score (nSPS) is 11.4. The molecule has 4 aromatic rings. The predicted octanol–water partition coefficient (Wildman–Crippen LogP) is 5.11. The van der Waals surface area contributed by atoms with Gasteiger partial charge in [0.1, 0.15) is 15.6 Å². The third-order valence-electron chi connectivity index (χ3n) is 6.71. The average molecular weight is 666 g/mol. The number of benzene rings is 2. The summed E-state index contributed by atoms with van der Waals surface area (Å²) in [6.45, 7) is 7.46. The van der Waals surface area contributed by atoms with E-state index in [1.807, 2.05) is 34.9 Å². The van der Waals surface area contributed by atoms with Gasteiger partial charge in [-0.15, -0.1) is 21.5 Å². The second-order valence-corrected chi connectivity index (χ2v) is 12.2. The van der Waals surface area contributed by atoms with Gasteiger partial charge in [-0.1, -0.05) is 42.1 Å². The zero-order valence-corrected chi connectivity index (χ0v) is 27.8. The fourth-order valence-corrected chi connectivity index (χ4v) is 6.29. The zero-order chi connectivity index (χ0) is 33.2. The van der Waals surface area contributed by atoms with Crippen molar-refractivity contribution in [2.24, 2.45) is 0 Å². The summed E-state index contributed by atoms with van der Waals surface area (Å²) in [7, 11) is 1.56. The SMILES string of the molecule is CCOC(=O)c1sc(NC(=O)[C@H](C)Sc2nnc(CNC(=O)c3ccc(OC)cc3)n2Cc2ccccc2)c(C(=O)OCC)c1C. The minimum Gasteiger partial charge on any atom is -0.497 e. The van der Waals surface area contributed by atoms with Gasteiger partial charge in [0.2, 0.25) is 5.91 Å². The van der Waals surface area contributed by atoms with Gasteiger partial charge in [-0.25, -0.2) is 9.59 Å². The van der Waals surface area contributed by atoms with E-state index in [9.17, 15) is 19.2 Å². The molecule has 14 heteroatoms. The van der Waals surface area contributed by atoms with Gasteiger partial charge >= 0.3 is 11.9 Å². The molecule has 2 amide bonds. The average Bonchev–Trinajstić information content (AvgIpc) is 3.59. The molecule has 1 atom stereocenters. The quantitative estimate of drug-likeness (QED) is 0.137. The monoisotopic (exact) mass is 665 g/mol. The van der Waals surface area contributed by atoms with Gasteiger partial charge in [0, 0.05) is 5.56 Å². The Hall–Kier alpha value is -4.69. The van der Waals surface area contributed by atoms with Crippen LogP contribution >= 0.6 is 23.1 Å². The maximum absolute atomic E-state index is 13.4. The lowest BCUT2D eigenvalue weighted by atomic mass is 10.1. The molecule has 2 aromatic carbocycles. The van der Waals surface area contributed by atoms with Crippen LogP contribution in [0.1, 0.15) is 68.1 Å². The fraction of sp³-hybridized carbons (Fsp3) is 0.312. The molecule has 0 aliphatic heterocycles. The van der Waals surface area contributed by atoms with Gasteiger partial charge in [-0.3, -0.25) is 9.59 Å². The first-order chi connectivity index (χ1) is 22.2. The highest BCUT2D eigenvalue weighted by molar-refractivity contribution is 8.00. The molecule has 4 rings (SSSR count). The number of hydrogen-bond donors (Lipinski definition) is 2. The first kappa shape index (κ1) is 34.2. The van der Waals surface area contributed by atoms with E-state index in [4.69, 9.17) is 14.2 Å². The molecular weight excluding hydrogens is 631 g/mol. The number of nitrogens with zero attached hydrogens (tertiary/aromatic N) is 3. The van der Waals surface area contributed by atoms with Gasteiger partial charge in [-0.05, 0) is 63.1 Å². The molecule has 0 radical (unpaired) electrons. The number of nitrogens with one attached hydrogen (secondary N) is 2. The first-order valence-electron chi connectivity index (χ1n) is 14.5. The molecular formula is C32H35N5O7S2. The van der Waals surface area contributed by atoms with Gasteiger partial charge in [-0.2, -0.15) is 0 Å². The number of carbonyl (C=O) groups excluding carboxylic acids is 4. The third-order valence-corrected chi connectivity index (χ3v) is 8.98. The Balaban J connectivity index is 1.54. The van der Waals surface area contributed by atoms with Crippen LogP contribution in [0.4, 0.5) is 5.00 Å². The highest BCUT2D eigenvalue weighted by Crippen LogP contribution is 2.35. The zero-order valence-electron chi connectivity index (χ0n) is 26.1. The summed E-state index contributed by atoms with van der Waals surface area (Å²) in [5, 5.41) is 14.3. The molecule has 0 spiro atoms. The topological polar surface area (TPSA) is 151 Å². The minimum atomic E-state index is -0.691. The molecule has 2 heterocycles. The Morgan fingerprint density at radius 2 is 1.63 bits per heavy atom. The summed E-state index contributed by atoms with van der Waals surface area (Å²) in [5.74, 6) is -0.797. The Labute approximate surface area is 274 Å². The molecule has 0 aliphatic carbocycles. The molecule has 0 aliphatic rings. The summed E-state index contributed by atoms with van der Waals surface area (Å²) in [4.78, 5) is 51.8. The second-order valence-electron chi connectivity index (χ2n) is 9.83. The summed E-state index contributed by atoms with van der Waals surface area (Å²) in [6.07, 6.45) is 0. The van der Waals surface area contributed by atoms with E-state index < -0.39 is 23.1 Å². The first-order valence-corrected chi connectivity index (χ1v) is 16.2. The van der Waals surface area contributed by atoms with Gasteiger partial charge in [0.05, 0.1) is 44.2 Å². The van der Waals surface area contributed by atoms with Crippen LogP contribution in [0.15, 0.2) is 59.8 Å². The molecule has 0 saturated carbocycles. The van der Waals surface area contributed by atoms with Crippen LogP contribution in [0.3, 0.4) is 0 Å². The largest absolute Gasteiger partial charge is 0.497 e. The number of amides is 2. The van der Waals surface area contributed by atoms with Crippen LogP contribution < -0.4 is 15.4 Å². The van der Waals surface area contributed by atoms with E-state index in [-0.39, 0.29) is 41.1 Å². The van der Waals surface area contributed by atoms with Gasteiger partial charge < -0.3 is 29.4 Å². The molecule has 12 nitrogen and oxygen atoms in total. The number of methoxy groups -OCH3 is 1. The number of rotatable bonds is 14. The summed E-state index contributed by atoms with van der Waals surface area (Å²) in [6, 6.07) is 16.4. The molecule has 2 aromatic heterocycles. The van der Waals surface area contributed by atoms with E-state index in [2.05, 4.69) is 20.8 Å². The fourth-order valence-electron chi connectivity index (χ4n) is 4.33. The van der Waals surface area contributed by atoms with Crippen LogP contribution in [0, 0.1) is 6.92 Å². The van der Waals surface area contributed by atoms with Crippen molar-refractivity contribution in [1.29, 1.82) is 0 Å². The Bertz CT molecular complexity index is 1690. The van der Waals surface area contributed by atoms with Crippen molar-refractivity contribution < 1.29 is 33.4 Å². The Kier molecular flexibility index (Phi) is 11.9. The van der Waals surface area contributed by atoms with E-state index in [1.54, 1.807) is 59.1 Å². The number of aromatic nitrogens is 3. The van der Waals surface area contributed by atoms with Crippen LogP contribution in [-0.4, -0.2) is 64.1 Å². The van der Waals surface area contributed by atoms with Crippen molar-refractivity contribution in [3.63, 3.8) is 0 Å². The lowest BCUT2D eigenvalue weighted by Gasteiger charge is -2.14. The maximum atomic E-state index is 13.4. The van der Waals surface area contributed by atoms with Gasteiger partial charge in [0.25, 0.3) is 5.91 Å². The number of hydrogen-bond acceptors (Lipinski definition) is 11. The summed E-state index contributed by atoms with van der Waals surface area (Å²) >= 11 is 2.13. The molecule has 242 valence electrons. The van der Waals surface area contributed by atoms with Crippen molar-refractivity contribution in [3.8, 4) is 5.75 Å². The third kappa shape index (κ3) is 8.31. The number of thiophene rings is 1. The van der Waals surface area contributed by atoms with Crippen molar-refractivity contribution in [2.45, 2.75) is 51.2 Å². The number of carbonyl (C=O) groups is 4. The molecule has 0 bridgehead atoms. The van der Waals surface area contributed by atoms with Gasteiger partial charge in [0.15, 0.2) is 11.0 Å². The van der Waals surface area contributed by atoms with E-state index in [1.165, 1.54) is 11.8 Å². The smallest absolute Gasteiger partial charge is 0.348 e.